The predicted octanol–water partition coefficient (Wildman–Crippen LogP) is 1.95. The van der Waals surface area contributed by atoms with Crippen molar-refractivity contribution >= 4 is 37.8 Å². The van der Waals surface area contributed by atoms with E-state index in [1.807, 2.05) is 6.92 Å². The van der Waals surface area contributed by atoms with Crippen LogP contribution in [0.4, 0.5) is 0 Å². The number of aromatic nitrogens is 1. The second-order valence-corrected chi connectivity index (χ2v) is 4.29. The van der Waals surface area contributed by atoms with Crippen LogP contribution >= 0.6 is 31.9 Å². The largest absolute Gasteiger partial charge is 0.364 e. The minimum Gasteiger partial charge on any atom is -0.364 e. The van der Waals surface area contributed by atoms with Crippen molar-refractivity contribution < 1.29 is 9.32 Å². The van der Waals surface area contributed by atoms with Gasteiger partial charge < -0.3 is 9.84 Å². The summed E-state index contributed by atoms with van der Waals surface area (Å²) in [6.45, 7) is 1.93. The summed E-state index contributed by atoms with van der Waals surface area (Å²) in [5.41, 5.74) is -0.0334. The van der Waals surface area contributed by atoms with Crippen LogP contribution in [0.5, 0.6) is 0 Å². The zero-order valence-corrected chi connectivity index (χ0v) is 10.8. The van der Waals surface area contributed by atoms with Gasteiger partial charge in [-0.15, -0.1) is 0 Å². The molecule has 1 heterocycles. The molecule has 6 heteroatoms. The standard InChI is InChI=1S/C8H10Br2N2O2/c1-8(4-9,5-10)11-7(13)6-2-3-14-12-6/h2-3H,4-5H2,1H3,(H,11,13). The summed E-state index contributed by atoms with van der Waals surface area (Å²) in [7, 11) is 0. The zero-order chi connectivity index (χ0) is 10.6. The maximum atomic E-state index is 11.6. The third-order valence-electron chi connectivity index (χ3n) is 1.68. The zero-order valence-electron chi connectivity index (χ0n) is 7.59. The number of hydrogen-bond donors (Lipinski definition) is 1. The molecule has 1 amide bonds. The van der Waals surface area contributed by atoms with Crippen molar-refractivity contribution in [3.8, 4) is 0 Å². The number of halogens is 2. The van der Waals surface area contributed by atoms with E-state index in [9.17, 15) is 4.79 Å². The molecule has 78 valence electrons. The third kappa shape index (κ3) is 2.81. The lowest BCUT2D eigenvalue weighted by atomic mass is 10.1. The number of amides is 1. The van der Waals surface area contributed by atoms with Crippen molar-refractivity contribution in [2.24, 2.45) is 0 Å². The van der Waals surface area contributed by atoms with Gasteiger partial charge in [-0.2, -0.15) is 0 Å². The molecule has 0 saturated heterocycles. The van der Waals surface area contributed by atoms with Gasteiger partial charge >= 0.3 is 0 Å². The molecule has 0 radical (unpaired) electrons. The molecule has 1 rings (SSSR count). The molecule has 1 aromatic heterocycles. The summed E-state index contributed by atoms with van der Waals surface area (Å²) in [5, 5.41) is 7.71. The van der Waals surface area contributed by atoms with Crippen molar-refractivity contribution in [1.82, 2.24) is 10.5 Å². The SMILES string of the molecule is CC(CBr)(CBr)NC(=O)c1ccon1. The van der Waals surface area contributed by atoms with E-state index in [1.54, 1.807) is 0 Å². The van der Waals surface area contributed by atoms with Crippen molar-refractivity contribution in [3.05, 3.63) is 18.0 Å². The molecule has 1 aromatic rings. The van der Waals surface area contributed by atoms with E-state index in [0.29, 0.717) is 10.7 Å². The molecule has 0 bridgehead atoms. The van der Waals surface area contributed by atoms with Gasteiger partial charge in [0.2, 0.25) is 0 Å². The first-order valence-electron chi connectivity index (χ1n) is 3.96. The van der Waals surface area contributed by atoms with Crippen LogP contribution in [0.15, 0.2) is 16.9 Å². The number of hydrogen-bond acceptors (Lipinski definition) is 3. The van der Waals surface area contributed by atoms with E-state index in [2.05, 4.69) is 46.9 Å². The summed E-state index contributed by atoms with van der Waals surface area (Å²) in [6, 6.07) is 1.53. The van der Waals surface area contributed by atoms with Gasteiger partial charge in [0.15, 0.2) is 5.69 Å². The molecular formula is C8H10Br2N2O2. The Balaban J connectivity index is 2.65. The molecule has 0 unspecified atom stereocenters. The highest BCUT2D eigenvalue weighted by Gasteiger charge is 2.25. The number of nitrogens with zero attached hydrogens (tertiary/aromatic N) is 1. The van der Waals surface area contributed by atoms with E-state index in [-0.39, 0.29) is 17.1 Å². The molecule has 0 aromatic carbocycles. The Bertz CT molecular complexity index is 296. The maximum Gasteiger partial charge on any atom is 0.273 e. The Morgan fingerprint density at radius 1 is 1.64 bits per heavy atom. The van der Waals surface area contributed by atoms with Crippen molar-refractivity contribution in [1.29, 1.82) is 0 Å². The Morgan fingerprint density at radius 2 is 2.29 bits per heavy atom. The topological polar surface area (TPSA) is 55.1 Å². The van der Waals surface area contributed by atoms with Gasteiger partial charge in [0.05, 0.1) is 5.54 Å². The van der Waals surface area contributed by atoms with E-state index in [4.69, 9.17) is 0 Å². The fourth-order valence-electron chi connectivity index (χ4n) is 0.770. The predicted molar refractivity (Wildman–Crippen MR) is 60.0 cm³/mol. The van der Waals surface area contributed by atoms with Crippen LogP contribution in [0.2, 0.25) is 0 Å². The summed E-state index contributed by atoms with van der Waals surface area (Å²) < 4.78 is 4.58. The smallest absolute Gasteiger partial charge is 0.273 e. The number of nitrogens with one attached hydrogen (secondary N) is 1. The summed E-state index contributed by atoms with van der Waals surface area (Å²) in [6.07, 6.45) is 1.37. The van der Waals surface area contributed by atoms with Crippen molar-refractivity contribution in [2.45, 2.75) is 12.5 Å². The van der Waals surface area contributed by atoms with Crippen LogP contribution in [0, 0.1) is 0 Å². The first kappa shape index (κ1) is 11.7. The van der Waals surface area contributed by atoms with Gasteiger partial charge in [-0.05, 0) is 6.92 Å². The van der Waals surface area contributed by atoms with Gasteiger partial charge in [-0.25, -0.2) is 0 Å². The molecule has 0 aliphatic rings. The van der Waals surface area contributed by atoms with Crippen LogP contribution in [0.1, 0.15) is 17.4 Å². The summed E-state index contributed by atoms with van der Waals surface area (Å²) in [5.74, 6) is -0.236. The fraction of sp³-hybridized carbons (Fsp3) is 0.500. The van der Waals surface area contributed by atoms with Crippen LogP contribution < -0.4 is 5.32 Å². The van der Waals surface area contributed by atoms with Crippen LogP contribution in [-0.4, -0.2) is 27.3 Å². The molecule has 0 saturated carbocycles. The average molecular weight is 326 g/mol. The lowest BCUT2D eigenvalue weighted by Crippen LogP contribution is -2.49. The highest BCUT2D eigenvalue weighted by molar-refractivity contribution is 9.09. The monoisotopic (exact) mass is 324 g/mol. The van der Waals surface area contributed by atoms with E-state index >= 15 is 0 Å². The number of carbonyl (C=O) groups excluding carboxylic acids is 1. The first-order valence-corrected chi connectivity index (χ1v) is 6.20. The van der Waals surface area contributed by atoms with E-state index in [1.165, 1.54) is 12.3 Å². The molecule has 0 fully saturated rings. The minimum atomic E-state index is -0.323. The Morgan fingerprint density at radius 3 is 2.71 bits per heavy atom. The lowest BCUT2D eigenvalue weighted by molar-refractivity contribution is 0.0913. The Kier molecular flexibility index (Phi) is 4.12. The number of carbonyl (C=O) groups is 1. The second-order valence-electron chi connectivity index (χ2n) is 3.17. The molecule has 0 aliphatic heterocycles. The van der Waals surface area contributed by atoms with Gasteiger partial charge in [0, 0.05) is 16.7 Å². The molecule has 4 nitrogen and oxygen atoms in total. The Hall–Kier alpha value is -0.360. The highest BCUT2D eigenvalue weighted by atomic mass is 79.9. The normalized spacial score (nSPS) is 11.4. The van der Waals surface area contributed by atoms with Crippen molar-refractivity contribution in [2.75, 3.05) is 10.7 Å². The van der Waals surface area contributed by atoms with Crippen molar-refractivity contribution in [3.63, 3.8) is 0 Å². The quantitative estimate of drug-likeness (QED) is 0.861. The molecule has 0 aliphatic carbocycles. The summed E-state index contributed by atoms with van der Waals surface area (Å²) >= 11 is 6.67. The van der Waals surface area contributed by atoms with Gasteiger partial charge in [-0.1, -0.05) is 37.0 Å². The second kappa shape index (κ2) is 4.93. The number of alkyl halides is 2. The molecular weight excluding hydrogens is 316 g/mol. The van der Waals surface area contributed by atoms with Crippen LogP contribution in [0.3, 0.4) is 0 Å². The molecule has 0 atom stereocenters. The Labute approximate surface area is 98.7 Å². The van der Waals surface area contributed by atoms with E-state index in [0.717, 1.165) is 0 Å². The molecule has 0 spiro atoms. The lowest BCUT2D eigenvalue weighted by Gasteiger charge is -2.25. The average Bonchev–Trinajstić information content (AvgIpc) is 2.70. The van der Waals surface area contributed by atoms with Gasteiger partial charge in [0.1, 0.15) is 6.26 Å². The third-order valence-corrected chi connectivity index (χ3v) is 4.15. The first-order chi connectivity index (χ1) is 6.61. The number of rotatable bonds is 4. The molecule has 1 N–H and O–H groups in total. The highest BCUT2D eigenvalue weighted by Crippen LogP contribution is 2.12. The van der Waals surface area contributed by atoms with E-state index < -0.39 is 0 Å². The maximum absolute atomic E-state index is 11.6. The molecule has 14 heavy (non-hydrogen) atoms. The summed E-state index contributed by atoms with van der Waals surface area (Å²) in [4.78, 5) is 11.6. The minimum absolute atomic E-state index is 0.236. The van der Waals surface area contributed by atoms with Gasteiger partial charge in [-0.3, -0.25) is 4.79 Å². The van der Waals surface area contributed by atoms with Crippen LogP contribution in [-0.2, 0) is 0 Å². The fourth-order valence-corrected chi connectivity index (χ4v) is 1.98. The van der Waals surface area contributed by atoms with Gasteiger partial charge in [0.25, 0.3) is 5.91 Å². The van der Waals surface area contributed by atoms with Crippen LogP contribution in [0.25, 0.3) is 0 Å².